The number of thioether (sulfide) groups is 1. The minimum Gasteiger partial charge on any atom is -0.391 e. The molecular formula is C14H34O3SSi3. The van der Waals surface area contributed by atoms with E-state index in [0.717, 1.165) is 18.8 Å². The molecule has 0 aromatic heterocycles. The minimum absolute atomic E-state index is 0.197. The molecule has 0 amide bonds. The highest BCUT2D eigenvalue weighted by Gasteiger charge is 2.48. The lowest BCUT2D eigenvalue weighted by Crippen LogP contribution is -2.52. The highest BCUT2D eigenvalue weighted by Crippen LogP contribution is 2.45. The Balaban J connectivity index is 2.88. The van der Waals surface area contributed by atoms with Gasteiger partial charge in [-0.25, -0.2) is 0 Å². The fourth-order valence-electron chi connectivity index (χ4n) is 2.24. The van der Waals surface area contributed by atoms with Crippen molar-refractivity contribution in [3.63, 3.8) is 0 Å². The highest BCUT2D eigenvalue weighted by atomic mass is 32.2. The normalized spacial score (nSPS) is 24.1. The summed E-state index contributed by atoms with van der Waals surface area (Å²) in [6.07, 6.45) is 3.23. The molecule has 21 heavy (non-hydrogen) atoms. The topological polar surface area (TPSA) is 27.7 Å². The molecule has 3 nitrogen and oxygen atoms in total. The van der Waals surface area contributed by atoms with Crippen molar-refractivity contribution in [2.45, 2.75) is 75.8 Å². The van der Waals surface area contributed by atoms with Crippen molar-refractivity contribution in [1.29, 1.82) is 0 Å². The highest BCUT2D eigenvalue weighted by molar-refractivity contribution is 8.00. The molecule has 1 atom stereocenters. The van der Waals surface area contributed by atoms with Crippen molar-refractivity contribution in [1.82, 2.24) is 0 Å². The lowest BCUT2D eigenvalue weighted by molar-refractivity contribution is -0.143. The lowest BCUT2D eigenvalue weighted by atomic mass is 10.2. The maximum Gasteiger partial charge on any atom is 0.187 e. The standard InChI is InChI=1S/C14H34O3SSi3/c1-20(2,3)16-13(17-21(4,5)6)14(9-7-11-18-14)15-10-8-12-19/h13H,7-12H2,1-6,19H3. The van der Waals surface area contributed by atoms with Crippen LogP contribution in [0.15, 0.2) is 0 Å². The fourth-order valence-corrected chi connectivity index (χ4v) is 5.88. The quantitative estimate of drug-likeness (QED) is 0.355. The molecule has 0 spiro atoms. The van der Waals surface area contributed by atoms with Crippen molar-refractivity contribution >= 4 is 38.6 Å². The molecule has 1 aliphatic rings. The van der Waals surface area contributed by atoms with E-state index in [1.54, 1.807) is 0 Å². The van der Waals surface area contributed by atoms with Gasteiger partial charge in [-0.2, -0.15) is 0 Å². The second-order valence-electron chi connectivity index (χ2n) is 7.76. The molecule has 1 heterocycles. The van der Waals surface area contributed by atoms with Gasteiger partial charge in [0.05, 0.1) is 0 Å². The zero-order valence-electron chi connectivity index (χ0n) is 15.0. The van der Waals surface area contributed by atoms with Crippen LogP contribution in [0.2, 0.25) is 45.3 Å². The molecule has 0 bridgehead atoms. The van der Waals surface area contributed by atoms with Crippen molar-refractivity contribution in [3.8, 4) is 0 Å². The molecule has 1 fully saturated rings. The van der Waals surface area contributed by atoms with E-state index in [9.17, 15) is 0 Å². The van der Waals surface area contributed by atoms with Gasteiger partial charge in [0.1, 0.15) is 0 Å². The molecule has 0 aliphatic carbocycles. The summed E-state index contributed by atoms with van der Waals surface area (Å²) in [5, 5.41) is 0. The van der Waals surface area contributed by atoms with Gasteiger partial charge in [0.2, 0.25) is 0 Å². The second-order valence-corrected chi connectivity index (χ2v) is 19.1. The zero-order valence-corrected chi connectivity index (χ0v) is 19.8. The van der Waals surface area contributed by atoms with Crippen molar-refractivity contribution in [2.24, 2.45) is 0 Å². The number of hydrogen-bond donors (Lipinski definition) is 0. The molecular weight excluding hydrogens is 332 g/mol. The van der Waals surface area contributed by atoms with Gasteiger partial charge >= 0.3 is 0 Å². The van der Waals surface area contributed by atoms with Crippen LogP contribution in [0.1, 0.15) is 19.3 Å². The van der Waals surface area contributed by atoms with Crippen LogP contribution < -0.4 is 0 Å². The molecule has 1 rings (SSSR count). The Labute approximate surface area is 140 Å². The molecule has 0 N–H and O–H groups in total. The average Bonchev–Trinajstić information content (AvgIpc) is 2.75. The molecule has 1 aliphatic heterocycles. The van der Waals surface area contributed by atoms with Crippen LogP contribution in [-0.2, 0) is 13.6 Å². The van der Waals surface area contributed by atoms with Gasteiger partial charge in [0, 0.05) is 16.8 Å². The maximum atomic E-state index is 6.45. The van der Waals surface area contributed by atoms with Gasteiger partial charge in [0.25, 0.3) is 0 Å². The molecule has 1 unspecified atom stereocenters. The largest absolute Gasteiger partial charge is 0.391 e. The van der Waals surface area contributed by atoms with Gasteiger partial charge in [-0.1, -0.05) is 6.04 Å². The fraction of sp³-hybridized carbons (Fsp3) is 1.00. The first-order valence-electron chi connectivity index (χ1n) is 8.21. The van der Waals surface area contributed by atoms with Crippen LogP contribution >= 0.6 is 11.8 Å². The lowest BCUT2D eigenvalue weighted by Gasteiger charge is -2.42. The van der Waals surface area contributed by atoms with Crippen LogP contribution in [0.3, 0.4) is 0 Å². The number of hydrogen-bond acceptors (Lipinski definition) is 4. The minimum atomic E-state index is -1.67. The summed E-state index contributed by atoms with van der Waals surface area (Å²) < 4.78 is 19.3. The van der Waals surface area contributed by atoms with Crippen molar-refractivity contribution < 1.29 is 13.6 Å². The summed E-state index contributed by atoms with van der Waals surface area (Å²) in [5.74, 6) is 1.15. The van der Waals surface area contributed by atoms with Gasteiger partial charge in [-0.05, 0) is 64.3 Å². The van der Waals surface area contributed by atoms with E-state index in [-0.39, 0.29) is 11.2 Å². The monoisotopic (exact) mass is 366 g/mol. The summed E-state index contributed by atoms with van der Waals surface area (Å²) >= 11 is 1.91. The van der Waals surface area contributed by atoms with E-state index < -0.39 is 16.6 Å². The van der Waals surface area contributed by atoms with Crippen LogP contribution in [0.4, 0.5) is 0 Å². The van der Waals surface area contributed by atoms with E-state index in [4.69, 9.17) is 13.6 Å². The third-order valence-corrected chi connectivity index (χ3v) is 7.19. The smallest absolute Gasteiger partial charge is 0.187 e. The first kappa shape index (κ1) is 19.9. The Bertz CT molecular complexity index is 294. The molecule has 0 aromatic carbocycles. The van der Waals surface area contributed by atoms with Crippen molar-refractivity contribution in [2.75, 3.05) is 12.4 Å². The molecule has 0 radical (unpaired) electrons. The predicted octanol–water partition coefficient (Wildman–Crippen LogP) is 3.43. The molecule has 7 heteroatoms. The number of ether oxygens (including phenoxy) is 1. The van der Waals surface area contributed by atoms with E-state index in [1.165, 1.54) is 29.1 Å². The SMILES string of the molecule is C[Si](C)(C)OC(O[Si](C)(C)C)C1(OCCC[SiH3])CCCS1. The molecule has 126 valence electrons. The van der Waals surface area contributed by atoms with E-state index in [2.05, 4.69) is 39.3 Å². The van der Waals surface area contributed by atoms with Gasteiger partial charge in [-0.15, -0.1) is 11.8 Å². The molecule has 0 saturated carbocycles. The average molecular weight is 367 g/mol. The Hall–Kier alpha value is 0.881. The summed E-state index contributed by atoms with van der Waals surface area (Å²) in [6.45, 7) is 14.3. The van der Waals surface area contributed by atoms with Gasteiger partial charge in [-0.3, -0.25) is 0 Å². The maximum absolute atomic E-state index is 6.45. The van der Waals surface area contributed by atoms with E-state index >= 15 is 0 Å². The summed E-state index contributed by atoms with van der Waals surface area (Å²) in [5.41, 5.74) is 0. The Kier molecular flexibility index (Phi) is 7.70. The van der Waals surface area contributed by atoms with E-state index in [1.807, 2.05) is 11.8 Å². The Morgan fingerprint density at radius 1 is 1.10 bits per heavy atom. The molecule has 0 aromatic rings. The van der Waals surface area contributed by atoms with Gasteiger partial charge in [0.15, 0.2) is 27.9 Å². The van der Waals surface area contributed by atoms with Crippen LogP contribution in [0.25, 0.3) is 0 Å². The Morgan fingerprint density at radius 3 is 2.05 bits per heavy atom. The first-order valence-corrected chi connectivity index (χ1v) is 17.4. The summed E-state index contributed by atoms with van der Waals surface area (Å²) in [4.78, 5) is -0.267. The Morgan fingerprint density at radius 2 is 1.67 bits per heavy atom. The van der Waals surface area contributed by atoms with Gasteiger partial charge < -0.3 is 13.6 Å². The third kappa shape index (κ3) is 7.32. The molecule has 1 saturated heterocycles. The third-order valence-electron chi connectivity index (χ3n) is 3.14. The van der Waals surface area contributed by atoms with Crippen LogP contribution in [-0.4, -0.2) is 50.5 Å². The second kappa shape index (κ2) is 8.12. The predicted molar refractivity (Wildman–Crippen MR) is 102 cm³/mol. The van der Waals surface area contributed by atoms with Crippen LogP contribution in [0.5, 0.6) is 0 Å². The summed E-state index contributed by atoms with van der Waals surface area (Å²) in [7, 11) is -2.09. The first-order chi connectivity index (χ1) is 9.58. The van der Waals surface area contributed by atoms with E-state index in [0.29, 0.717) is 0 Å². The van der Waals surface area contributed by atoms with Crippen molar-refractivity contribution in [3.05, 3.63) is 0 Å². The number of rotatable bonds is 9. The summed E-state index contributed by atoms with van der Waals surface area (Å²) in [6, 6.07) is 1.30. The zero-order chi connectivity index (χ0) is 16.1. The van der Waals surface area contributed by atoms with Crippen LogP contribution in [0, 0.1) is 0 Å².